The van der Waals surface area contributed by atoms with Gasteiger partial charge in [-0.1, -0.05) is 0 Å². The lowest BCUT2D eigenvalue weighted by atomic mass is 10.1. The summed E-state index contributed by atoms with van der Waals surface area (Å²) in [6.45, 7) is 0.340. The molecule has 8 heteroatoms. The molecule has 0 aromatic heterocycles. The molecule has 2 N–H and O–H groups in total. The lowest BCUT2D eigenvalue weighted by molar-refractivity contribution is -0.120. The topological polar surface area (TPSA) is 61.4 Å². The zero-order valence-corrected chi connectivity index (χ0v) is 11.7. The van der Waals surface area contributed by atoms with E-state index in [1.807, 2.05) is 0 Å². The zero-order chi connectivity index (χ0) is 16.0. The fourth-order valence-electron chi connectivity index (χ4n) is 1.46. The van der Waals surface area contributed by atoms with Crippen molar-refractivity contribution in [3.05, 3.63) is 35.1 Å². The second-order valence-electron chi connectivity index (χ2n) is 4.51. The minimum atomic E-state index is -1.30. The Bertz CT molecular complexity index is 536. The highest BCUT2D eigenvalue weighted by molar-refractivity contribution is 5.78. The number of carbonyl (C=O) groups is 2. The lowest BCUT2D eigenvalue weighted by Crippen LogP contribution is -2.40. The molecule has 0 aliphatic heterocycles. The number of nitrogens with one attached hydrogen (secondary N) is 2. The average molecular weight is 303 g/mol. The second kappa shape index (κ2) is 7.51. The molecule has 1 aromatic rings. The van der Waals surface area contributed by atoms with E-state index in [9.17, 15) is 22.8 Å². The van der Waals surface area contributed by atoms with Gasteiger partial charge in [0.1, 0.15) is 5.82 Å². The molecule has 0 heterocycles. The van der Waals surface area contributed by atoms with Gasteiger partial charge in [0.2, 0.25) is 5.91 Å². The van der Waals surface area contributed by atoms with Gasteiger partial charge in [-0.15, -0.1) is 0 Å². The third-order valence-corrected chi connectivity index (χ3v) is 2.57. The van der Waals surface area contributed by atoms with Crippen LogP contribution in [0.4, 0.5) is 18.0 Å². The molecule has 116 valence electrons. The number of halogens is 3. The zero-order valence-electron chi connectivity index (χ0n) is 11.7. The Balaban J connectivity index is 2.41. The number of rotatable bonds is 5. The van der Waals surface area contributed by atoms with Crippen LogP contribution in [0.5, 0.6) is 0 Å². The summed E-state index contributed by atoms with van der Waals surface area (Å²) in [5.41, 5.74) is -0.233. The van der Waals surface area contributed by atoms with Crippen molar-refractivity contribution >= 4 is 11.9 Å². The van der Waals surface area contributed by atoms with E-state index in [4.69, 9.17) is 0 Å². The van der Waals surface area contributed by atoms with Gasteiger partial charge in [0.05, 0.1) is 6.42 Å². The molecule has 0 fully saturated rings. The van der Waals surface area contributed by atoms with E-state index in [2.05, 4.69) is 10.6 Å². The first-order chi connectivity index (χ1) is 9.81. The van der Waals surface area contributed by atoms with Gasteiger partial charge in [0.25, 0.3) is 0 Å². The van der Waals surface area contributed by atoms with Crippen molar-refractivity contribution in [1.82, 2.24) is 15.5 Å². The van der Waals surface area contributed by atoms with Crippen LogP contribution in [-0.4, -0.2) is 44.0 Å². The summed E-state index contributed by atoms with van der Waals surface area (Å²) in [4.78, 5) is 24.0. The van der Waals surface area contributed by atoms with Gasteiger partial charge >= 0.3 is 6.03 Å². The SMILES string of the molecule is CN(C)C(=O)NCCNC(=O)Cc1cc(F)c(F)cc1F. The van der Waals surface area contributed by atoms with Crippen molar-refractivity contribution in [1.29, 1.82) is 0 Å². The molecule has 1 aromatic carbocycles. The second-order valence-corrected chi connectivity index (χ2v) is 4.51. The van der Waals surface area contributed by atoms with Crippen LogP contribution in [0, 0.1) is 17.5 Å². The van der Waals surface area contributed by atoms with Crippen LogP contribution in [0.1, 0.15) is 5.56 Å². The smallest absolute Gasteiger partial charge is 0.316 e. The summed E-state index contributed by atoms with van der Waals surface area (Å²) in [7, 11) is 3.14. The average Bonchev–Trinajstić information content (AvgIpc) is 2.40. The Hall–Kier alpha value is -2.25. The van der Waals surface area contributed by atoms with E-state index in [1.54, 1.807) is 14.1 Å². The van der Waals surface area contributed by atoms with Crippen LogP contribution < -0.4 is 10.6 Å². The Morgan fingerprint density at radius 2 is 1.57 bits per heavy atom. The molecular formula is C13H16F3N3O2. The summed E-state index contributed by atoms with van der Waals surface area (Å²) in [6, 6.07) is 0.740. The third kappa shape index (κ3) is 5.33. The monoisotopic (exact) mass is 303 g/mol. The minimum Gasteiger partial charge on any atom is -0.354 e. The van der Waals surface area contributed by atoms with Gasteiger partial charge in [0, 0.05) is 38.8 Å². The molecule has 0 saturated carbocycles. The highest BCUT2D eigenvalue weighted by Crippen LogP contribution is 2.14. The van der Waals surface area contributed by atoms with Crippen LogP contribution in [0.25, 0.3) is 0 Å². The number of urea groups is 1. The van der Waals surface area contributed by atoms with Crippen molar-refractivity contribution in [3.8, 4) is 0 Å². The summed E-state index contributed by atoms with van der Waals surface area (Å²) in [6.07, 6.45) is -0.412. The van der Waals surface area contributed by atoms with E-state index in [0.29, 0.717) is 12.1 Å². The van der Waals surface area contributed by atoms with Crippen LogP contribution in [-0.2, 0) is 11.2 Å². The Kier molecular flexibility index (Phi) is 6.01. The van der Waals surface area contributed by atoms with Crippen molar-refractivity contribution in [2.45, 2.75) is 6.42 Å². The van der Waals surface area contributed by atoms with Gasteiger partial charge in [-0.05, 0) is 6.07 Å². The van der Waals surface area contributed by atoms with Crippen LogP contribution >= 0.6 is 0 Å². The number of amides is 3. The maximum atomic E-state index is 13.3. The molecule has 3 amide bonds. The minimum absolute atomic E-state index is 0.143. The number of benzene rings is 1. The number of hydrogen-bond acceptors (Lipinski definition) is 2. The molecule has 0 bridgehead atoms. The van der Waals surface area contributed by atoms with Gasteiger partial charge in [0.15, 0.2) is 11.6 Å². The first-order valence-electron chi connectivity index (χ1n) is 6.16. The Labute approximate surface area is 120 Å². The van der Waals surface area contributed by atoms with Crippen LogP contribution in [0.3, 0.4) is 0 Å². The van der Waals surface area contributed by atoms with Gasteiger partial charge in [-0.2, -0.15) is 0 Å². The van der Waals surface area contributed by atoms with E-state index in [1.165, 1.54) is 4.90 Å². The molecule has 0 saturated heterocycles. The van der Waals surface area contributed by atoms with E-state index in [0.717, 1.165) is 0 Å². The predicted octanol–water partition coefficient (Wildman–Crippen LogP) is 1.03. The molecule has 0 radical (unpaired) electrons. The standard InChI is InChI=1S/C13H16F3N3O2/c1-19(2)13(21)18-4-3-17-12(20)6-8-5-10(15)11(16)7-9(8)14/h5,7H,3-4,6H2,1-2H3,(H,17,20)(H,18,21). The maximum absolute atomic E-state index is 13.3. The number of carbonyl (C=O) groups excluding carboxylic acids is 2. The van der Waals surface area contributed by atoms with Crippen molar-refractivity contribution < 1.29 is 22.8 Å². The molecule has 21 heavy (non-hydrogen) atoms. The Morgan fingerprint density at radius 1 is 1.00 bits per heavy atom. The number of hydrogen-bond donors (Lipinski definition) is 2. The predicted molar refractivity (Wildman–Crippen MR) is 70.1 cm³/mol. The van der Waals surface area contributed by atoms with Gasteiger partial charge in [-0.25, -0.2) is 18.0 Å². The van der Waals surface area contributed by atoms with E-state index in [-0.39, 0.29) is 24.7 Å². The molecule has 1 rings (SSSR count). The van der Waals surface area contributed by atoms with Gasteiger partial charge in [-0.3, -0.25) is 4.79 Å². The lowest BCUT2D eigenvalue weighted by Gasteiger charge is -2.12. The molecule has 0 unspecified atom stereocenters. The van der Waals surface area contributed by atoms with E-state index < -0.39 is 29.8 Å². The van der Waals surface area contributed by atoms with Crippen molar-refractivity contribution in [2.24, 2.45) is 0 Å². The highest BCUT2D eigenvalue weighted by atomic mass is 19.2. The Morgan fingerprint density at radius 3 is 2.19 bits per heavy atom. The highest BCUT2D eigenvalue weighted by Gasteiger charge is 2.13. The molecule has 0 aliphatic carbocycles. The number of nitrogens with zero attached hydrogens (tertiary/aromatic N) is 1. The van der Waals surface area contributed by atoms with Crippen molar-refractivity contribution in [3.63, 3.8) is 0 Å². The fourth-order valence-corrected chi connectivity index (χ4v) is 1.46. The summed E-state index contributed by atoms with van der Waals surface area (Å²) in [5.74, 6) is -4.05. The van der Waals surface area contributed by atoms with Crippen molar-refractivity contribution in [2.75, 3.05) is 27.2 Å². The first kappa shape index (κ1) is 16.8. The van der Waals surface area contributed by atoms with Crippen LogP contribution in [0.2, 0.25) is 0 Å². The molecule has 0 aliphatic rings. The van der Waals surface area contributed by atoms with Crippen LogP contribution in [0.15, 0.2) is 12.1 Å². The normalized spacial score (nSPS) is 10.1. The first-order valence-corrected chi connectivity index (χ1v) is 6.16. The third-order valence-electron chi connectivity index (χ3n) is 2.57. The van der Waals surface area contributed by atoms with Gasteiger partial charge < -0.3 is 15.5 Å². The molecular weight excluding hydrogens is 287 g/mol. The quantitative estimate of drug-likeness (QED) is 0.630. The molecule has 0 spiro atoms. The summed E-state index contributed by atoms with van der Waals surface area (Å²) >= 11 is 0. The van der Waals surface area contributed by atoms with E-state index >= 15 is 0 Å². The summed E-state index contributed by atoms with van der Waals surface area (Å²) in [5, 5.41) is 4.95. The maximum Gasteiger partial charge on any atom is 0.316 e. The summed E-state index contributed by atoms with van der Waals surface area (Å²) < 4.78 is 39.0. The molecule has 5 nitrogen and oxygen atoms in total. The molecule has 0 atom stereocenters. The fraction of sp³-hybridized carbons (Fsp3) is 0.385. The largest absolute Gasteiger partial charge is 0.354 e.